The number of nitrogens with two attached hydrogens (primary N) is 2. The van der Waals surface area contributed by atoms with E-state index in [0.717, 1.165) is 4.57 Å². The number of imidazole rings is 2. The number of hydrogen-bond donors (Lipinski definition) is 13. The second-order valence-electron chi connectivity index (χ2n) is 12.5. The molecule has 4 aromatic heterocycles. The van der Waals surface area contributed by atoms with E-state index in [1.54, 1.807) is 0 Å². The minimum atomic E-state index is -5.42. The zero-order valence-electron chi connectivity index (χ0n) is 28.9. The molecule has 316 valence electrons. The molecule has 30 nitrogen and oxygen atoms in total. The molecule has 15 N–H and O–H groups in total. The Labute approximate surface area is 315 Å². The molecule has 5 unspecified atom stereocenters. The van der Waals surface area contributed by atoms with E-state index in [-0.39, 0.29) is 34.2 Å². The highest BCUT2D eigenvalue weighted by atomic mass is 31.2. The van der Waals surface area contributed by atoms with E-state index in [1.807, 2.05) is 0 Å². The molecular formula is C24H37N10O20P3+2. The molecule has 2 fully saturated rings. The van der Waals surface area contributed by atoms with Gasteiger partial charge in [0, 0.05) is 0 Å². The molecule has 2 aliphatic rings. The summed E-state index contributed by atoms with van der Waals surface area (Å²) in [5.74, 6) is -0.538. The zero-order valence-corrected chi connectivity index (χ0v) is 31.6. The maximum Gasteiger partial charge on any atom is 0.472 e. The van der Waals surface area contributed by atoms with Gasteiger partial charge in [0.1, 0.15) is 42.7 Å². The van der Waals surface area contributed by atoms with E-state index < -0.39 is 116 Å². The lowest BCUT2D eigenvalue weighted by Crippen LogP contribution is -2.46. The van der Waals surface area contributed by atoms with Crippen molar-refractivity contribution in [3.8, 4) is 0 Å². The molecule has 4 aromatic rings. The van der Waals surface area contributed by atoms with Crippen LogP contribution in [0.15, 0.2) is 22.2 Å². The van der Waals surface area contributed by atoms with Crippen molar-refractivity contribution in [3.05, 3.63) is 33.4 Å². The van der Waals surface area contributed by atoms with E-state index in [1.165, 1.54) is 28.8 Å². The van der Waals surface area contributed by atoms with E-state index in [0.29, 0.717) is 0 Å². The van der Waals surface area contributed by atoms with Crippen molar-refractivity contribution >= 4 is 57.7 Å². The average molecular weight is 879 g/mol. The minimum absolute atomic E-state index is 0.0314. The number of aryl methyl sites for hydroxylation is 1. The molecule has 11 atom stereocenters. The number of hydrogen-bond acceptors (Lipinski definition) is 20. The lowest BCUT2D eigenvalue weighted by atomic mass is 10.1. The normalized spacial score (nSPS) is 28.2. The van der Waals surface area contributed by atoms with Gasteiger partial charge in [0.2, 0.25) is 23.5 Å². The summed E-state index contributed by atoms with van der Waals surface area (Å²) in [4.78, 5) is 78.7. The first-order chi connectivity index (χ1) is 26.5. The molecule has 0 saturated carbocycles. The Morgan fingerprint density at radius 2 is 1.28 bits per heavy atom. The van der Waals surface area contributed by atoms with Crippen LogP contribution in [0.5, 0.6) is 0 Å². The summed E-state index contributed by atoms with van der Waals surface area (Å²) in [6.45, 7) is -4.30. The van der Waals surface area contributed by atoms with Gasteiger partial charge >= 0.3 is 34.8 Å². The zero-order chi connectivity index (χ0) is 41.8. The number of aromatic amines is 3. The number of fused-ring (bicyclic) bond motifs is 2. The Kier molecular flexibility index (Phi) is 12.2. The third-order valence-corrected chi connectivity index (χ3v) is 10.9. The Morgan fingerprint density at radius 1 is 0.789 bits per heavy atom. The molecule has 0 amide bonds. The lowest BCUT2D eigenvalue weighted by Gasteiger charge is -2.22. The van der Waals surface area contributed by atoms with Crippen molar-refractivity contribution < 1.29 is 94.9 Å². The first-order valence-corrected chi connectivity index (χ1v) is 20.6. The van der Waals surface area contributed by atoms with Gasteiger partial charge in [-0.05, 0) is 0 Å². The number of rotatable bonds is 16. The molecule has 2 saturated heterocycles. The minimum Gasteiger partial charge on any atom is -0.387 e. The first kappa shape index (κ1) is 43.0. The van der Waals surface area contributed by atoms with Crippen LogP contribution in [0.2, 0.25) is 0 Å². The fraction of sp³-hybridized carbons (Fsp3) is 0.583. The van der Waals surface area contributed by atoms with Gasteiger partial charge in [-0.25, -0.2) is 22.8 Å². The molecule has 0 radical (unpaired) electrons. The number of nitrogens with zero attached hydrogens (tertiary/aromatic N) is 5. The van der Waals surface area contributed by atoms with Gasteiger partial charge in [0.25, 0.3) is 23.0 Å². The average Bonchev–Trinajstić information content (AvgIpc) is 3.83. The number of nitrogen functional groups attached to an aromatic ring is 2. The van der Waals surface area contributed by atoms with E-state index in [4.69, 9.17) is 39.0 Å². The highest BCUT2D eigenvalue weighted by Gasteiger charge is 2.49. The Balaban J connectivity index is 1.02. The third kappa shape index (κ3) is 9.49. The standard InChI is InChI=1S/C24H35N10O20P3/c1-32-7-34(18-12(32)20(40)31-24(26)29-18)22-16(38)14(36)10(53-22)5-51-57(46,47)49-3-8(54-55(41,42)43)2-48-56(44,45)50-4-9-13(35)15(37)21(52-9)33-6-27-11-17(33)28-23(25)30-19(11)39/h6-10,13-16,21-22,35-38H,2-5H2,1H3,(H9-,25,26,28,29,30,31,39,40,41,42,43,44,45,46,47)/p+2/t8?,9-,10-,13-,14-,15-,16-,21?,22?/m1/s1. The summed E-state index contributed by atoms with van der Waals surface area (Å²) < 4.78 is 75.3. The Hall–Kier alpha value is -3.61. The number of nitrogens with one attached hydrogen (secondary N) is 3. The fourth-order valence-electron chi connectivity index (χ4n) is 5.90. The number of ether oxygens (including phenoxy) is 2. The smallest absolute Gasteiger partial charge is 0.387 e. The molecule has 0 aromatic carbocycles. The van der Waals surface area contributed by atoms with Crippen LogP contribution < -0.4 is 31.7 Å². The topological polar surface area (TPSA) is 450 Å². The van der Waals surface area contributed by atoms with Gasteiger partial charge in [-0.1, -0.05) is 9.97 Å². The summed E-state index contributed by atoms with van der Waals surface area (Å²) >= 11 is 0. The summed E-state index contributed by atoms with van der Waals surface area (Å²) in [6, 6.07) is 0. The summed E-state index contributed by atoms with van der Waals surface area (Å²) in [6.07, 6.45) is -12.2. The van der Waals surface area contributed by atoms with Gasteiger partial charge in [-0.2, -0.15) is 0 Å². The lowest BCUT2D eigenvalue weighted by molar-refractivity contribution is -0.746. The predicted octanol–water partition coefficient (Wildman–Crippen LogP) is -5.75. The maximum absolute atomic E-state index is 12.7. The highest BCUT2D eigenvalue weighted by Crippen LogP contribution is 2.48. The van der Waals surface area contributed by atoms with E-state index >= 15 is 0 Å². The van der Waals surface area contributed by atoms with Crippen molar-refractivity contribution in [2.24, 2.45) is 7.05 Å². The Bertz CT molecular complexity index is 2380. The molecule has 6 heterocycles. The van der Waals surface area contributed by atoms with Crippen molar-refractivity contribution in [2.75, 3.05) is 37.9 Å². The molecule has 33 heteroatoms. The molecule has 2 aliphatic heterocycles. The van der Waals surface area contributed by atoms with Crippen LogP contribution in [0.25, 0.3) is 22.3 Å². The summed E-state index contributed by atoms with van der Waals surface area (Å²) in [7, 11) is -14.4. The largest absolute Gasteiger partial charge is 0.472 e. The van der Waals surface area contributed by atoms with Gasteiger partial charge in [0.05, 0.1) is 33.5 Å². The number of phosphoric ester groups is 3. The predicted molar refractivity (Wildman–Crippen MR) is 179 cm³/mol. The van der Waals surface area contributed by atoms with Gasteiger partial charge in [-0.3, -0.25) is 51.7 Å². The van der Waals surface area contributed by atoms with Gasteiger partial charge in [-0.15, -0.1) is 0 Å². The van der Waals surface area contributed by atoms with Gasteiger partial charge in [0.15, 0.2) is 12.7 Å². The second kappa shape index (κ2) is 16.2. The van der Waals surface area contributed by atoms with Crippen LogP contribution in [-0.4, -0.2) is 139 Å². The Morgan fingerprint density at radius 3 is 1.81 bits per heavy atom. The van der Waals surface area contributed by atoms with E-state index in [9.17, 15) is 63.3 Å². The maximum atomic E-state index is 12.7. The van der Waals surface area contributed by atoms with Crippen molar-refractivity contribution in [1.29, 1.82) is 0 Å². The quantitative estimate of drug-likeness (QED) is 0.0368. The molecule has 6 rings (SSSR count). The number of phosphoric acid groups is 3. The number of H-pyrrole nitrogens is 3. The number of aliphatic hydroxyl groups excluding tert-OH is 4. The van der Waals surface area contributed by atoms with Crippen LogP contribution in [0.3, 0.4) is 0 Å². The molecular weight excluding hydrogens is 841 g/mol. The van der Waals surface area contributed by atoms with Crippen molar-refractivity contribution in [3.63, 3.8) is 0 Å². The second-order valence-corrected chi connectivity index (χ2v) is 16.6. The molecule has 57 heavy (non-hydrogen) atoms. The van der Waals surface area contributed by atoms with Crippen LogP contribution >= 0.6 is 23.5 Å². The molecule has 0 aliphatic carbocycles. The van der Waals surface area contributed by atoms with Crippen LogP contribution in [0, 0.1) is 0 Å². The van der Waals surface area contributed by atoms with Crippen molar-refractivity contribution in [2.45, 2.75) is 55.2 Å². The van der Waals surface area contributed by atoms with Crippen molar-refractivity contribution in [1.82, 2.24) is 29.5 Å². The number of anilines is 2. The van der Waals surface area contributed by atoms with Crippen LogP contribution in [0.4, 0.5) is 11.9 Å². The third-order valence-electron chi connectivity index (χ3n) is 8.46. The SMILES string of the molecule is Cn1c[n+](C2O[C@H](COP(=O)(O)OCC(COP(=O)(O)OC[C@H]3OC([n+]4c[nH]c5c(=O)[nH]c(N)nc54)[C@H](O)[C@@H]3O)OP(=O)(O)O)[C@@H](O)[C@H]2O)c2nc(N)[nH]c(=O)c21. The summed E-state index contributed by atoms with van der Waals surface area (Å²) in [5, 5.41) is 42.4. The molecule has 0 bridgehead atoms. The van der Waals surface area contributed by atoms with Crippen LogP contribution in [-0.2, 0) is 52.8 Å². The number of aliphatic hydroxyl groups is 4. The van der Waals surface area contributed by atoms with E-state index in [2.05, 4.69) is 29.4 Å². The monoisotopic (exact) mass is 878 g/mol. The fourth-order valence-corrected chi connectivity index (χ4v) is 7.94. The first-order valence-electron chi connectivity index (χ1n) is 16.1. The highest BCUT2D eigenvalue weighted by molar-refractivity contribution is 7.47. The molecule has 0 spiro atoms. The number of aromatic nitrogens is 8. The van der Waals surface area contributed by atoms with Crippen LogP contribution in [0.1, 0.15) is 12.5 Å². The van der Waals surface area contributed by atoms with Gasteiger partial charge < -0.3 is 60.9 Å². The summed E-state index contributed by atoms with van der Waals surface area (Å²) in [5.41, 5.74) is 9.81.